The van der Waals surface area contributed by atoms with Crippen molar-refractivity contribution in [3.8, 4) is 5.75 Å². The fraction of sp³-hybridized carbons (Fsp3) is 0.316. The van der Waals surface area contributed by atoms with Gasteiger partial charge in [-0.2, -0.15) is 0 Å². The second kappa shape index (κ2) is 10.0. The van der Waals surface area contributed by atoms with Crippen molar-refractivity contribution in [1.82, 2.24) is 10.2 Å². The molecule has 2 aromatic rings. The maximum Gasteiger partial charge on any atom is 0.194 e. The Kier molecular flexibility index (Phi) is 8.02. The van der Waals surface area contributed by atoms with Crippen LogP contribution in [0.1, 0.15) is 5.56 Å². The largest absolute Gasteiger partial charge is 0.506 e. The Bertz CT molecular complexity index is 748. The van der Waals surface area contributed by atoms with Gasteiger partial charge < -0.3 is 20.2 Å². The van der Waals surface area contributed by atoms with Gasteiger partial charge in [0.15, 0.2) is 5.96 Å². The highest BCUT2D eigenvalue weighted by molar-refractivity contribution is 14.0. The zero-order valence-corrected chi connectivity index (χ0v) is 18.6. The fourth-order valence-corrected chi connectivity index (χ4v) is 3.50. The predicted molar refractivity (Wildman–Crippen MR) is 122 cm³/mol. The number of nitrogens with zero attached hydrogens (tertiary/aromatic N) is 3. The molecular weight excluding hydrogens is 507 g/mol. The number of phenols is 1. The summed E-state index contributed by atoms with van der Waals surface area (Å²) < 4.78 is 1.08. The van der Waals surface area contributed by atoms with Crippen molar-refractivity contribution in [2.24, 2.45) is 4.99 Å². The summed E-state index contributed by atoms with van der Waals surface area (Å²) in [6, 6.07) is 15.8. The first-order chi connectivity index (χ1) is 12.2. The molecule has 140 valence electrons. The Morgan fingerprint density at radius 2 is 1.85 bits per heavy atom. The Morgan fingerprint density at radius 1 is 1.12 bits per heavy atom. The molecule has 0 amide bonds. The Balaban J connectivity index is 0.00000243. The quantitative estimate of drug-likeness (QED) is 0.361. The average Bonchev–Trinajstić information content (AvgIpc) is 2.63. The number of hydrogen-bond acceptors (Lipinski definition) is 3. The first-order valence-electron chi connectivity index (χ1n) is 8.40. The number of rotatable bonds is 3. The Morgan fingerprint density at radius 3 is 2.50 bits per heavy atom. The van der Waals surface area contributed by atoms with Gasteiger partial charge in [0.2, 0.25) is 0 Å². The van der Waals surface area contributed by atoms with Crippen LogP contribution in [-0.2, 0) is 6.54 Å². The summed E-state index contributed by atoms with van der Waals surface area (Å²) in [5.74, 6) is 1.25. The number of nitrogens with one attached hydrogen (secondary N) is 1. The van der Waals surface area contributed by atoms with Gasteiger partial charge in [0.1, 0.15) is 5.75 Å². The van der Waals surface area contributed by atoms with Gasteiger partial charge in [-0.05, 0) is 29.8 Å². The lowest BCUT2D eigenvalue weighted by Crippen LogP contribution is -2.52. The van der Waals surface area contributed by atoms with E-state index in [-0.39, 0.29) is 24.0 Å². The van der Waals surface area contributed by atoms with E-state index in [1.54, 1.807) is 6.07 Å². The third-order valence-corrected chi connectivity index (χ3v) is 4.85. The maximum absolute atomic E-state index is 10.0. The molecule has 0 unspecified atom stereocenters. The summed E-state index contributed by atoms with van der Waals surface area (Å²) in [5, 5.41) is 13.5. The van der Waals surface area contributed by atoms with Gasteiger partial charge in [-0.1, -0.05) is 40.2 Å². The first-order valence-corrected chi connectivity index (χ1v) is 9.19. The van der Waals surface area contributed by atoms with E-state index in [2.05, 4.69) is 48.2 Å². The molecule has 2 N–H and O–H groups in total. The van der Waals surface area contributed by atoms with E-state index in [0.29, 0.717) is 5.75 Å². The molecule has 5 nitrogen and oxygen atoms in total. The molecule has 0 bridgehead atoms. The summed E-state index contributed by atoms with van der Waals surface area (Å²) >= 11 is 3.50. The van der Waals surface area contributed by atoms with Crippen molar-refractivity contribution in [3.05, 3.63) is 58.6 Å². The first kappa shape index (κ1) is 20.8. The molecule has 1 fully saturated rings. The maximum atomic E-state index is 10.0. The van der Waals surface area contributed by atoms with Crippen molar-refractivity contribution >= 4 is 51.6 Å². The predicted octanol–water partition coefficient (Wildman–Crippen LogP) is 3.67. The number of anilines is 1. The lowest BCUT2D eigenvalue weighted by Gasteiger charge is -2.37. The van der Waals surface area contributed by atoms with Crippen LogP contribution < -0.4 is 10.2 Å². The van der Waals surface area contributed by atoms with Crippen LogP contribution in [0.3, 0.4) is 0 Å². The van der Waals surface area contributed by atoms with Gasteiger partial charge in [-0.25, -0.2) is 0 Å². The lowest BCUT2D eigenvalue weighted by molar-refractivity contribution is 0.369. The van der Waals surface area contributed by atoms with Crippen molar-refractivity contribution in [2.45, 2.75) is 6.54 Å². The number of guanidine groups is 1. The highest BCUT2D eigenvalue weighted by Gasteiger charge is 2.21. The molecule has 3 rings (SSSR count). The van der Waals surface area contributed by atoms with Crippen molar-refractivity contribution in [3.63, 3.8) is 0 Å². The monoisotopic (exact) mass is 530 g/mol. The van der Waals surface area contributed by atoms with Gasteiger partial charge in [-0.3, -0.25) is 4.99 Å². The zero-order chi connectivity index (χ0) is 17.6. The molecule has 2 aromatic carbocycles. The average molecular weight is 531 g/mol. The normalized spacial score (nSPS) is 14.8. The van der Waals surface area contributed by atoms with Gasteiger partial charge in [0.05, 0.1) is 5.69 Å². The van der Waals surface area contributed by atoms with E-state index in [1.165, 1.54) is 5.56 Å². The number of aliphatic imine (C=N–C) groups is 1. The van der Waals surface area contributed by atoms with Crippen molar-refractivity contribution in [2.75, 3.05) is 38.1 Å². The van der Waals surface area contributed by atoms with E-state index >= 15 is 0 Å². The zero-order valence-electron chi connectivity index (χ0n) is 14.7. The van der Waals surface area contributed by atoms with Crippen LogP contribution in [0.15, 0.2) is 58.0 Å². The second-order valence-electron chi connectivity index (χ2n) is 5.99. The van der Waals surface area contributed by atoms with Crippen LogP contribution in [-0.4, -0.2) is 49.2 Å². The molecule has 26 heavy (non-hydrogen) atoms. The summed E-state index contributed by atoms with van der Waals surface area (Å²) in [5.41, 5.74) is 2.11. The minimum atomic E-state index is 0. The number of halogens is 2. The highest BCUT2D eigenvalue weighted by atomic mass is 127. The molecule has 1 aliphatic rings. The number of phenolic OH excluding ortho intramolecular Hbond substituents is 1. The van der Waals surface area contributed by atoms with E-state index in [0.717, 1.165) is 48.8 Å². The Hall–Kier alpha value is -1.48. The Labute approximate surface area is 180 Å². The standard InChI is InChI=1S/C19H23BrN4O.HI/c1-21-19(22-14-15-5-4-6-16(20)13-15)24-11-9-23(10-12-24)17-7-2-3-8-18(17)25;/h2-8,13,25H,9-12,14H2,1H3,(H,21,22);1H. The molecule has 0 aliphatic carbocycles. The molecule has 1 aliphatic heterocycles. The number of para-hydroxylation sites is 2. The topological polar surface area (TPSA) is 51.1 Å². The van der Waals surface area contributed by atoms with E-state index in [9.17, 15) is 5.11 Å². The van der Waals surface area contributed by atoms with E-state index in [1.807, 2.05) is 37.4 Å². The molecular formula is C19H24BrIN4O. The number of hydrogen-bond donors (Lipinski definition) is 2. The van der Waals surface area contributed by atoms with Gasteiger partial charge in [0.25, 0.3) is 0 Å². The van der Waals surface area contributed by atoms with Crippen LogP contribution >= 0.6 is 39.9 Å². The molecule has 0 radical (unpaired) electrons. The summed E-state index contributed by atoms with van der Waals surface area (Å²) in [7, 11) is 1.82. The van der Waals surface area contributed by atoms with E-state index in [4.69, 9.17) is 0 Å². The van der Waals surface area contributed by atoms with E-state index < -0.39 is 0 Å². The van der Waals surface area contributed by atoms with Crippen LogP contribution in [0.4, 0.5) is 5.69 Å². The summed E-state index contributed by atoms with van der Waals surface area (Å²) in [4.78, 5) is 8.89. The minimum absolute atomic E-state index is 0. The van der Waals surface area contributed by atoms with Crippen LogP contribution in [0, 0.1) is 0 Å². The molecule has 7 heteroatoms. The van der Waals surface area contributed by atoms with Crippen LogP contribution in [0.2, 0.25) is 0 Å². The molecule has 0 saturated carbocycles. The van der Waals surface area contributed by atoms with Crippen LogP contribution in [0.25, 0.3) is 0 Å². The number of benzene rings is 2. The summed E-state index contributed by atoms with van der Waals surface area (Å²) in [6.45, 7) is 4.19. The second-order valence-corrected chi connectivity index (χ2v) is 6.91. The number of aromatic hydroxyl groups is 1. The van der Waals surface area contributed by atoms with Gasteiger partial charge >= 0.3 is 0 Å². The third kappa shape index (κ3) is 5.26. The van der Waals surface area contributed by atoms with Gasteiger partial charge in [-0.15, -0.1) is 24.0 Å². The van der Waals surface area contributed by atoms with Gasteiger partial charge in [0, 0.05) is 44.2 Å². The molecule has 1 heterocycles. The fourth-order valence-electron chi connectivity index (χ4n) is 3.05. The SMILES string of the molecule is CN=C(NCc1cccc(Br)c1)N1CCN(c2ccccc2O)CC1.I. The molecule has 0 spiro atoms. The smallest absolute Gasteiger partial charge is 0.194 e. The highest BCUT2D eigenvalue weighted by Crippen LogP contribution is 2.27. The van der Waals surface area contributed by atoms with Crippen LogP contribution in [0.5, 0.6) is 5.75 Å². The third-order valence-electron chi connectivity index (χ3n) is 4.35. The van der Waals surface area contributed by atoms with Crippen molar-refractivity contribution in [1.29, 1.82) is 0 Å². The molecule has 0 atom stereocenters. The number of piperazine rings is 1. The van der Waals surface area contributed by atoms with Crippen molar-refractivity contribution < 1.29 is 5.11 Å². The molecule has 1 saturated heterocycles. The lowest BCUT2D eigenvalue weighted by atomic mass is 10.2. The summed E-state index contributed by atoms with van der Waals surface area (Å²) in [6.07, 6.45) is 0. The minimum Gasteiger partial charge on any atom is -0.506 e. The molecule has 0 aromatic heterocycles.